The Morgan fingerprint density at radius 1 is 0.970 bits per heavy atom. The molecule has 4 aromatic rings. The molecule has 8 heteroatoms. The Labute approximate surface area is 188 Å². The molecule has 0 radical (unpaired) electrons. The van der Waals surface area contributed by atoms with Crippen molar-refractivity contribution >= 4 is 28.5 Å². The number of amides is 2. The molecule has 2 N–H and O–H groups in total. The van der Waals surface area contributed by atoms with Crippen molar-refractivity contribution in [2.45, 2.75) is 6.10 Å². The minimum atomic E-state index is -0.464. The van der Waals surface area contributed by atoms with E-state index in [9.17, 15) is 14.4 Å². The second kappa shape index (κ2) is 8.58. The quantitative estimate of drug-likeness (QED) is 0.495. The molecule has 1 unspecified atom stereocenters. The molecule has 0 saturated carbocycles. The molecule has 8 nitrogen and oxygen atoms in total. The van der Waals surface area contributed by atoms with Crippen molar-refractivity contribution < 1.29 is 14.3 Å². The van der Waals surface area contributed by atoms with Crippen LogP contribution in [0.4, 0.5) is 10.5 Å². The number of benzene rings is 3. The molecule has 5 rings (SSSR count). The van der Waals surface area contributed by atoms with Crippen molar-refractivity contribution in [1.82, 2.24) is 15.5 Å². The van der Waals surface area contributed by atoms with Crippen LogP contribution in [0.2, 0.25) is 0 Å². The van der Waals surface area contributed by atoms with Gasteiger partial charge in [-0.05, 0) is 30.3 Å². The van der Waals surface area contributed by atoms with Gasteiger partial charge in [-0.3, -0.25) is 14.5 Å². The average molecular weight is 440 g/mol. The standard InChI is InChI=1S/C25H20N4O4/c30-23(17-6-2-1-3-7-17)26-14-19-15-29(25(32)33-19)18-12-10-16(11-13-18)22-20-8-4-5-9-21(20)24(31)28-27-22/h1-13,19H,14-15H2,(H,26,30)(H,28,31). The number of carbonyl (C=O) groups excluding carboxylic acids is 2. The molecule has 0 spiro atoms. The summed E-state index contributed by atoms with van der Waals surface area (Å²) < 4.78 is 5.42. The third kappa shape index (κ3) is 4.06. The normalized spacial score (nSPS) is 15.5. The first kappa shape index (κ1) is 20.4. The van der Waals surface area contributed by atoms with E-state index in [2.05, 4.69) is 15.5 Å². The number of aromatic nitrogens is 2. The molecule has 2 amide bonds. The van der Waals surface area contributed by atoms with Crippen molar-refractivity contribution in [2.75, 3.05) is 18.0 Å². The van der Waals surface area contributed by atoms with E-state index in [1.807, 2.05) is 48.5 Å². The predicted octanol–water partition coefficient (Wildman–Crippen LogP) is 3.35. The van der Waals surface area contributed by atoms with Gasteiger partial charge in [0.15, 0.2) is 0 Å². The highest BCUT2D eigenvalue weighted by Crippen LogP contribution is 2.28. The van der Waals surface area contributed by atoms with Gasteiger partial charge >= 0.3 is 6.09 Å². The molecule has 1 fully saturated rings. The van der Waals surface area contributed by atoms with Crippen LogP contribution in [0.5, 0.6) is 0 Å². The Morgan fingerprint density at radius 3 is 2.42 bits per heavy atom. The summed E-state index contributed by atoms with van der Waals surface area (Å²) in [6.07, 6.45) is -0.913. The molecule has 3 aromatic carbocycles. The van der Waals surface area contributed by atoms with Gasteiger partial charge in [-0.1, -0.05) is 48.5 Å². The summed E-state index contributed by atoms with van der Waals surface area (Å²) >= 11 is 0. The zero-order chi connectivity index (χ0) is 22.8. The minimum absolute atomic E-state index is 0.213. The number of H-pyrrole nitrogens is 1. The second-order valence-corrected chi connectivity index (χ2v) is 7.69. The summed E-state index contributed by atoms with van der Waals surface area (Å²) in [6, 6.07) is 23.5. The van der Waals surface area contributed by atoms with E-state index in [1.165, 1.54) is 4.90 Å². The number of ether oxygens (including phenoxy) is 1. The maximum Gasteiger partial charge on any atom is 0.414 e. The van der Waals surface area contributed by atoms with Crippen molar-refractivity contribution in [3.63, 3.8) is 0 Å². The maximum absolute atomic E-state index is 12.4. The van der Waals surface area contributed by atoms with Gasteiger partial charge in [0, 0.05) is 22.2 Å². The highest BCUT2D eigenvalue weighted by Gasteiger charge is 2.32. The second-order valence-electron chi connectivity index (χ2n) is 7.69. The summed E-state index contributed by atoms with van der Waals surface area (Å²) in [5, 5.41) is 10.9. The van der Waals surface area contributed by atoms with Gasteiger partial charge < -0.3 is 10.1 Å². The van der Waals surface area contributed by atoms with E-state index in [4.69, 9.17) is 4.74 Å². The fourth-order valence-electron chi connectivity index (χ4n) is 3.87. The minimum Gasteiger partial charge on any atom is -0.442 e. The van der Waals surface area contributed by atoms with Crippen LogP contribution < -0.4 is 15.8 Å². The summed E-state index contributed by atoms with van der Waals surface area (Å²) in [5.41, 5.74) is 2.45. The summed E-state index contributed by atoms with van der Waals surface area (Å²) in [7, 11) is 0. The smallest absolute Gasteiger partial charge is 0.414 e. The Morgan fingerprint density at radius 2 is 1.67 bits per heavy atom. The first-order valence-electron chi connectivity index (χ1n) is 10.5. The SMILES string of the molecule is O=C(NCC1CN(c2ccc(-c3n[nH]c(=O)c4ccccc34)cc2)C(=O)O1)c1ccccc1. The number of nitrogens with zero attached hydrogens (tertiary/aromatic N) is 2. The predicted molar refractivity (Wildman–Crippen MR) is 124 cm³/mol. The Bertz CT molecular complexity index is 1380. The van der Waals surface area contributed by atoms with E-state index in [0.717, 1.165) is 10.9 Å². The van der Waals surface area contributed by atoms with Gasteiger partial charge in [0.25, 0.3) is 11.5 Å². The number of cyclic esters (lactones) is 1. The molecule has 1 aliphatic heterocycles. The largest absolute Gasteiger partial charge is 0.442 e. The first-order chi connectivity index (χ1) is 16.1. The van der Waals surface area contributed by atoms with Gasteiger partial charge in [-0.2, -0.15) is 5.10 Å². The Hall–Kier alpha value is -4.46. The van der Waals surface area contributed by atoms with E-state index < -0.39 is 12.2 Å². The highest BCUT2D eigenvalue weighted by molar-refractivity contribution is 5.95. The van der Waals surface area contributed by atoms with Crippen LogP contribution in [0, 0.1) is 0 Å². The lowest BCUT2D eigenvalue weighted by molar-refractivity contribution is 0.0916. The summed E-state index contributed by atoms with van der Waals surface area (Å²) in [4.78, 5) is 38.2. The number of fused-ring (bicyclic) bond motifs is 1. The third-order valence-corrected chi connectivity index (χ3v) is 5.55. The number of anilines is 1. The molecule has 1 atom stereocenters. The molecule has 2 heterocycles. The van der Waals surface area contributed by atoms with Gasteiger partial charge in [-0.15, -0.1) is 0 Å². The van der Waals surface area contributed by atoms with E-state index in [1.54, 1.807) is 30.3 Å². The zero-order valence-electron chi connectivity index (χ0n) is 17.5. The molecule has 33 heavy (non-hydrogen) atoms. The zero-order valence-corrected chi connectivity index (χ0v) is 17.5. The highest BCUT2D eigenvalue weighted by atomic mass is 16.6. The monoisotopic (exact) mass is 440 g/mol. The molecular weight excluding hydrogens is 420 g/mol. The Kier molecular flexibility index (Phi) is 5.32. The molecule has 0 aliphatic carbocycles. The number of carbonyl (C=O) groups is 2. The van der Waals surface area contributed by atoms with E-state index in [0.29, 0.717) is 28.9 Å². The lowest BCUT2D eigenvalue weighted by Crippen LogP contribution is -2.34. The molecule has 1 aliphatic rings. The van der Waals surface area contributed by atoms with Crippen LogP contribution in [0.25, 0.3) is 22.0 Å². The number of hydrogen-bond acceptors (Lipinski definition) is 5. The molecule has 164 valence electrons. The number of aromatic amines is 1. The van der Waals surface area contributed by atoms with Crippen LogP contribution >= 0.6 is 0 Å². The van der Waals surface area contributed by atoms with Crippen molar-refractivity contribution in [2.24, 2.45) is 0 Å². The van der Waals surface area contributed by atoms with E-state index in [-0.39, 0.29) is 18.0 Å². The topological polar surface area (TPSA) is 104 Å². The average Bonchev–Trinajstić information content (AvgIpc) is 3.24. The first-order valence-corrected chi connectivity index (χ1v) is 10.5. The van der Waals surface area contributed by atoms with E-state index >= 15 is 0 Å². The van der Waals surface area contributed by atoms with Crippen LogP contribution in [0.15, 0.2) is 83.7 Å². The van der Waals surface area contributed by atoms with Crippen molar-refractivity contribution in [3.05, 3.63) is 94.8 Å². The number of hydrogen-bond donors (Lipinski definition) is 2. The summed E-state index contributed by atoms with van der Waals surface area (Å²) in [6.45, 7) is 0.550. The van der Waals surface area contributed by atoms with Gasteiger partial charge in [0.1, 0.15) is 6.10 Å². The molecular formula is C25H20N4O4. The fourth-order valence-corrected chi connectivity index (χ4v) is 3.87. The van der Waals surface area contributed by atoms with Crippen LogP contribution in [0.3, 0.4) is 0 Å². The third-order valence-electron chi connectivity index (χ3n) is 5.55. The lowest BCUT2D eigenvalue weighted by atomic mass is 10.0. The van der Waals surface area contributed by atoms with Crippen LogP contribution in [0.1, 0.15) is 10.4 Å². The molecule has 0 bridgehead atoms. The Balaban J connectivity index is 1.29. The maximum atomic E-state index is 12.4. The van der Waals surface area contributed by atoms with Crippen molar-refractivity contribution in [1.29, 1.82) is 0 Å². The summed E-state index contributed by atoms with van der Waals surface area (Å²) in [5.74, 6) is -0.213. The van der Waals surface area contributed by atoms with Crippen molar-refractivity contribution in [3.8, 4) is 11.3 Å². The molecule has 1 aromatic heterocycles. The molecule has 1 saturated heterocycles. The fraction of sp³-hybridized carbons (Fsp3) is 0.120. The van der Waals surface area contributed by atoms with Gasteiger partial charge in [-0.25, -0.2) is 9.89 Å². The van der Waals surface area contributed by atoms with Gasteiger partial charge in [0.2, 0.25) is 0 Å². The van der Waals surface area contributed by atoms with Crippen LogP contribution in [-0.4, -0.2) is 41.4 Å². The van der Waals surface area contributed by atoms with Crippen LogP contribution in [-0.2, 0) is 4.74 Å². The number of rotatable bonds is 5. The number of nitrogens with one attached hydrogen (secondary N) is 2. The lowest BCUT2D eigenvalue weighted by Gasteiger charge is -2.14. The van der Waals surface area contributed by atoms with Gasteiger partial charge in [0.05, 0.1) is 24.2 Å².